The van der Waals surface area contributed by atoms with Gasteiger partial charge < -0.3 is 4.74 Å². The first kappa shape index (κ1) is 25.3. The van der Waals surface area contributed by atoms with E-state index in [9.17, 15) is 30.8 Å². The highest BCUT2D eigenvalue weighted by Crippen LogP contribution is 2.31. The van der Waals surface area contributed by atoms with Crippen molar-refractivity contribution in [1.82, 2.24) is 9.62 Å². The highest BCUT2D eigenvalue weighted by molar-refractivity contribution is 7.89. The van der Waals surface area contributed by atoms with Gasteiger partial charge >= 0.3 is 6.18 Å². The summed E-state index contributed by atoms with van der Waals surface area (Å²) in [4.78, 5) is 14.0. The average Bonchev–Trinajstić information content (AvgIpc) is 3.13. The molecule has 3 rings (SSSR count). The van der Waals surface area contributed by atoms with Crippen LogP contribution in [-0.2, 0) is 22.7 Å². The first-order valence-corrected chi connectivity index (χ1v) is 12.1. The minimum Gasteiger partial charge on any atom is -0.490 e. The highest BCUT2D eigenvalue weighted by atomic mass is 35.5. The molecular formula is C21H21ClF4N2O4S. The predicted molar refractivity (Wildman–Crippen MR) is 114 cm³/mol. The first-order chi connectivity index (χ1) is 15.3. The number of hydrogen-bond donors (Lipinski definition) is 1. The first-order valence-electron chi connectivity index (χ1n) is 9.87. The second-order valence-corrected chi connectivity index (χ2v) is 9.89. The zero-order valence-electron chi connectivity index (χ0n) is 17.5. The normalized spacial score (nSPS) is 17.2. The van der Waals surface area contributed by atoms with Gasteiger partial charge in [0, 0.05) is 18.7 Å². The Labute approximate surface area is 193 Å². The van der Waals surface area contributed by atoms with Crippen LogP contribution in [0.2, 0.25) is 5.02 Å². The van der Waals surface area contributed by atoms with E-state index in [1.807, 2.05) is 0 Å². The van der Waals surface area contributed by atoms with Gasteiger partial charge in [-0.2, -0.15) is 13.2 Å². The number of sulfonamides is 1. The number of hydrogen-bond acceptors (Lipinski definition) is 5. The molecule has 33 heavy (non-hydrogen) atoms. The number of nitrogens with one attached hydrogen (secondary N) is 1. The van der Waals surface area contributed by atoms with Gasteiger partial charge in [0.1, 0.15) is 18.2 Å². The lowest BCUT2D eigenvalue weighted by molar-refractivity contribution is -0.137. The van der Waals surface area contributed by atoms with E-state index in [-0.39, 0.29) is 23.4 Å². The molecule has 0 radical (unpaired) electrons. The second kappa shape index (κ2) is 9.86. The summed E-state index contributed by atoms with van der Waals surface area (Å²) in [5, 5.41) is -0.0673. The third-order valence-electron chi connectivity index (χ3n) is 5.14. The fourth-order valence-corrected chi connectivity index (χ4v) is 4.21. The van der Waals surface area contributed by atoms with E-state index in [0.29, 0.717) is 6.54 Å². The Bertz CT molecular complexity index is 1120. The molecule has 1 atom stereocenters. The predicted octanol–water partition coefficient (Wildman–Crippen LogP) is 4.23. The van der Waals surface area contributed by atoms with Gasteiger partial charge in [0.05, 0.1) is 22.4 Å². The van der Waals surface area contributed by atoms with E-state index in [0.717, 1.165) is 55.5 Å². The summed E-state index contributed by atoms with van der Waals surface area (Å²) in [6.07, 6.45) is -1.99. The molecule has 1 amide bonds. The maximum Gasteiger partial charge on any atom is 0.416 e. The standard InChI is InChI=1S/C21H21ClF4N2O4S/c1-33(30,31)27-20(29)16-9-17(22)19(10-18(16)23)32-12-15-3-2-8-28(15)11-13-4-6-14(7-5-13)21(24,25)26/h4-7,9-10,15H,2-3,8,11-12H2,1H3,(H,27,29)/t15-/m1/s1. The number of ether oxygens (including phenoxy) is 1. The molecule has 0 bridgehead atoms. The van der Waals surface area contributed by atoms with Crippen LogP contribution in [0.4, 0.5) is 17.6 Å². The average molecular weight is 509 g/mol. The SMILES string of the molecule is CS(=O)(=O)NC(=O)c1cc(Cl)c(OC[C@H]2CCCN2Cc2ccc(C(F)(F)F)cc2)cc1F. The number of amides is 1. The summed E-state index contributed by atoms with van der Waals surface area (Å²) in [6, 6.07) is 6.79. The van der Waals surface area contributed by atoms with Gasteiger partial charge in [-0.15, -0.1) is 0 Å². The largest absolute Gasteiger partial charge is 0.490 e. The number of benzene rings is 2. The molecular weight excluding hydrogens is 488 g/mol. The Morgan fingerprint density at radius 2 is 1.91 bits per heavy atom. The Hall–Kier alpha value is -2.37. The van der Waals surface area contributed by atoms with Crippen molar-refractivity contribution >= 4 is 27.5 Å². The maximum atomic E-state index is 14.4. The number of rotatable bonds is 7. The van der Waals surface area contributed by atoms with Gasteiger partial charge in [-0.25, -0.2) is 17.5 Å². The van der Waals surface area contributed by atoms with Crippen LogP contribution >= 0.6 is 11.6 Å². The summed E-state index contributed by atoms with van der Waals surface area (Å²) >= 11 is 6.09. The van der Waals surface area contributed by atoms with Crippen molar-refractivity contribution < 1.29 is 35.5 Å². The molecule has 12 heteroatoms. The molecule has 2 aromatic carbocycles. The smallest absolute Gasteiger partial charge is 0.416 e. The van der Waals surface area contributed by atoms with Crippen LogP contribution in [0.25, 0.3) is 0 Å². The molecule has 0 unspecified atom stereocenters. The van der Waals surface area contributed by atoms with Crippen molar-refractivity contribution in [3.8, 4) is 5.75 Å². The lowest BCUT2D eigenvalue weighted by atomic mass is 10.1. The van der Waals surface area contributed by atoms with Crippen LogP contribution in [0.3, 0.4) is 0 Å². The van der Waals surface area contributed by atoms with Crippen LogP contribution in [0.15, 0.2) is 36.4 Å². The van der Waals surface area contributed by atoms with E-state index in [1.165, 1.54) is 12.1 Å². The minimum atomic E-state index is -4.39. The lowest BCUT2D eigenvalue weighted by Crippen LogP contribution is -2.33. The number of alkyl halides is 3. The third-order valence-corrected chi connectivity index (χ3v) is 5.99. The van der Waals surface area contributed by atoms with Crippen molar-refractivity contribution in [2.75, 3.05) is 19.4 Å². The van der Waals surface area contributed by atoms with Crippen molar-refractivity contribution in [2.45, 2.75) is 31.6 Å². The molecule has 0 spiro atoms. The van der Waals surface area contributed by atoms with Crippen molar-refractivity contribution in [3.05, 3.63) is 63.9 Å². The van der Waals surface area contributed by atoms with Crippen LogP contribution in [-0.4, -0.2) is 44.7 Å². The molecule has 180 valence electrons. The fourth-order valence-electron chi connectivity index (χ4n) is 3.55. The van der Waals surface area contributed by atoms with Gasteiger partial charge in [-0.05, 0) is 43.1 Å². The molecule has 0 aliphatic carbocycles. The minimum absolute atomic E-state index is 0.00791. The van der Waals surface area contributed by atoms with E-state index in [2.05, 4.69) is 4.90 Å². The Morgan fingerprint density at radius 1 is 1.24 bits per heavy atom. The van der Waals surface area contributed by atoms with Crippen molar-refractivity contribution in [3.63, 3.8) is 0 Å². The molecule has 1 heterocycles. The molecule has 1 fully saturated rings. The molecule has 1 aliphatic rings. The lowest BCUT2D eigenvalue weighted by Gasteiger charge is -2.25. The number of halogens is 5. The van der Waals surface area contributed by atoms with Crippen molar-refractivity contribution in [2.24, 2.45) is 0 Å². The Balaban J connectivity index is 1.64. The highest BCUT2D eigenvalue weighted by Gasteiger charge is 2.30. The summed E-state index contributed by atoms with van der Waals surface area (Å²) in [6.45, 7) is 1.30. The summed E-state index contributed by atoms with van der Waals surface area (Å²) in [7, 11) is -3.88. The van der Waals surface area contributed by atoms with E-state index in [1.54, 1.807) is 4.72 Å². The van der Waals surface area contributed by atoms with Gasteiger partial charge in [0.15, 0.2) is 0 Å². The van der Waals surface area contributed by atoms with E-state index >= 15 is 0 Å². The maximum absolute atomic E-state index is 14.4. The third kappa shape index (κ3) is 6.81. The van der Waals surface area contributed by atoms with Gasteiger partial charge in [-0.1, -0.05) is 23.7 Å². The second-order valence-electron chi connectivity index (χ2n) is 7.74. The quantitative estimate of drug-likeness (QED) is 0.566. The molecule has 0 aromatic heterocycles. The number of carbonyl (C=O) groups excluding carboxylic acids is 1. The molecule has 0 saturated carbocycles. The molecule has 6 nitrogen and oxygen atoms in total. The number of likely N-dealkylation sites (tertiary alicyclic amines) is 1. The summed E-state index contributed by atoms with van der Waals surface area (Å²) in [5.41, 5.74) is -0.527. The van der Waals surface area contributed by atoms with Gasteiger partial charge in [-0.3, -0.25) is 9.69 Å². The van der Waals surface area contributed by atoms with Crippen LogP contribution in [0, 0.1) is 5.82 Å². The van der Waals surface area contributed by atoms with Crippen LogP contribution in [0.1, 0.15) is 34.3 Å². The summed E-state index contributed by atoms with van der Waals surface area (Å²) < 4.78 is 82.3. The fraction of sp³-hybridized carbons (Fsp3) is 0.381. The Morgan fingerprint density at radius 3 is 2.52 bits per heavy atom. The molecule has 1 aliphatic heterocycles. The van der Waals surface area contributed by atoms with Gasteiger partial charge in [0.25, 0.3) is 5.91 Å². The monoisotopic (exact) mass is 508 g/mol. The molecule has 1 N–H and O–H groups in total. The Kier molecular flexibility index (Phi) is 7.55. The topological polar surface area (TPSA) is 75.7 Å². The van der Waals surface area contributed by atoms with E-state index in [4.69, 9.17) is 16.3 Å². The number of carbonyl (C=O) groups is 1. The van der Waals surface area contributed by atoms with Crippen LogP contribution in [0.5, 0.6) is 5.75 Å². The zero-order chi connectivity index (χ0) is 24.4. The molecule has 1 saturated heterocycles. The number of nitrogens with zero attached hydrogens (tertiary/aromatic N) is 1. The van der Waals surface area contributed by atoms with Crippen LogP contribution < -0.4 is 9.46 Å². The van der Waals surface area contributed by atoms with Crippen molar-refractivity contribution in [1.29, 1.82) is 0 Å². The van der Waals surface area contributed by atoms with Gasteiger partial charge in [0.2, 0.25) is 10.0 Å². The molecule has 2 aromatic rings. The van der Waals surface area contributed by atoms with E-state index < -0.39 is 39.1 Å². The zero-order valence-corrected chi connectivity index (χ0v) is 19.0. The summed E-state index contributed by atoms with van der Waals surface area (Å²) in [5.74, 6) is -2.16.